The number of primary amides is 1. The Kier molecular flexibility index (Phi) is 4.54. The van der Waals surface area contributed by atoms with Crippen molar-refractivity contribution in [3.8, 4) is 0 Å². The molecule has 0 radical (unpaired) electrons. The van der Waals surface area contributed by atoms with Crippen molar-refractivity contribution < 1.29 is 27.9 Å². The lowest BCUT2D eigenvalue weighted by Crippen LogP contribution is -2.40. The Labute approximate surface area is 106 Å². The van der Waals surface area contributed by atoms with Gasteiger partial charge < -0.3 is 20.7 Å². The zero-order chi connectivity index (χ0) is 14.6. The van der Waals surface area contributed by atoms with E-state index in [-0.39, 0.29) is 5.69 Å². The van der Waals surface area contributed by atoms with Gasteiger partial charge in [0.05, 0.1) is 6.54 Å². The van der Waals surface area contributed by atoms with Gasteiger partial charge in [0.15, 0.2) is 0 Å². The molecule has 0 aliphatic carbocycles. The Balaban J connectivity index is 2.68. The number of nitrogens with one attached hydrogen (secondary N) is 1. The van der Waals surface area contributed by atoms with Crippen LogP contribution in [0, 0.1) is 0 Å². The van der Waals surface area contributed by atoms with Crippen LogP contribution in [0.1, 0.15) is 10.5 Å². The molecule has 1 atom stereocenters. The van der Waals surface area contributed by atoms with E-state index in [0.29, 0.717) is 4.57 Å². The Morgan fingerprint density at radius 1 is 1.47 bits per heavy atom. The highest BCUT2D eigenvalue weighted by molar-refractivity contribution is 5.93. The minimum atomic E-state index is -4.46. The van der Waals surface area contributed by atoms with Gasteiger partial charge in [-0.15, -0.1) is 0 Å². The van der Waals surface area contributed by atoms with E-state index < -0.39 is 37.2 Å². The number of carbonyl (C=O) groups excluding carboxylic acids is 2. The Morgan fingerprint density at radius 3 is 2.63 bits per heavy atom. The fourth-order valence-electron chi connectivity index (χ4n) is 1.33. The summed E-state index contributed by atoms with van der Waals surface area (Å²) in [5.74, 6) is -1.87. The lowest BCUT2D eigenvalue weighted by molar-refractivity contribution is -0.140. The van der Waals surface area contributed by atoms with Gasteiger partial charge in [-0.25, -0.2) is 0 Å². The molecule has 0 aromatic carbocycles. The van der Waals surface area contributed by atoms with Crippen molar-refractivity contribution in [2.45, 2.75) is 18.8 Å². The summed E-state index contributed by atoms with van der Waals surface area (Å²) in [4.78, 5) is 22.1. The van der Waals surface area contributed by atoms with Crippen LogP contribution in [-0.2, 0) is 11.3 Å². The summed E-state index contributed by atoms with van der Waals surface area (Å²) in [6.07, 6.45) is -4.94. The number of halogens is 3. The predicted octanol–water partition coefficient (Wildman–Crippen LogP) is -0.374. The molecule has 0 fully saturated rings. The number of aliphatic hydroxyl groups is 1. The van der Waals surface area contributed by atoms with Crippen LogP contribution < -0.4 is 11.1 Å². The molecular weight excluding hydrogens is 267 g/mol. The zero-order valence-electron chi connectivity index (χ0n) is 9.65. The van der Waals surface area contributed by atoms with Gasteiger partial charge in [0, 0.05) is 6.20 Å². The maximum absolute atomic E-state index is 12.2. The number of alkyl halides is 3. The normalized spacial score (nSPS) is 13.1. The van der Waals surface area contributed by atoms with Crippen molar-refractivity contribution in [3.05, 3.63) is 24.0 Å². The standard InChI is InChI=1S/C10H12F3N3O3/c11-10(12,13)5-16-3-1-2-6(16)9(19)15-4-7(17)8(14)18/h1-3,7,17H,4-5H2,(H2,14,18)(H,15,19). The van der Waals surface area contributed by atoms with Gasteiger partial charge >= 0.3 is 6.18 Å². The molecule has 19 heavy (non-hydrogen) atoms. The third kappa shape index (κ3) is 4.62. The fraction of sp³-hybridized carbons (Fsp3) is 0.400. The van der Waals surface area contributed by atoms with Gasteiger partial charge in [-0.05, 0) is 12.1 Å². The lowest BCUT2D eigenvalue weighted by atomic mass is 10.3. The van der Waals surface area contributed by atoms with Gasteiger partial charge in [-0.1, -0.05) is 0 Å². The second-order valence-corrected chi connectivity index (χ2v) is 3.76. The number of hydrogen-bond donors (Lipinski definition) is 3. The van der Waals surface area contributed by atoms with Crippen LogP contribution >= 0.6 is 0 Å². The summed E-state index contributed by atoms with van der Waals surface area (Å²) in [6, 6.07) is 2.48. The third-order valence-electron chi connectivity index (χ3n) is 2.20. The smallest absolute Gasteiger partial charge is 0.381 e. The number of nitrogens with two attached hydrogens (primary N) is 1. The van der Waals surface area contributed by atoms with Crippen molar-refractivity contribution in [2.75, 3.05) is 6.54 Å². The van der Waals surface area contributed by atoms with E-state index in [9.17, 15) is 22.8 Å². The van der Waals surface area contributed by atoms with Crippen molar-refractivity contribution in [2.24, 2.45) is 5.73 Å². The number of rotatable bonds is 5. The number of hydrogen-bond acceptors (Lipinski definition) is 3. The molecule has 9 heteroatoms. The molecule has 0 spiro atoms. The summed E-state index contributed by atoms with van der Waals surface area (Å²) in [7, 11) is 0. The molecule has 2 amide bonds. The molecule has 1 heterocycles. The maximum atomic E-state index is 12.2. The van der Waals surface area contributed by atoms with Gasteiger partial charge in [0.1, 0.15) is 18.3 Å². The molecule has 1 aromatic rings. The Morgan fingerprint density at radius 2 is 2.11 bits per heavy atom. The minimum absolute atomic E-state index is 0.228. The van der Waals surface area contributed by atoms with E-state index in [1.807, 2.05) is 0 Å². The van der Waals surface area contributed by atoms with Gasteiger partial charge in [0.2, 0.25) is 5.91 Å². The van der Waals surface area contributed by atoms with Gasteiger partial charge in [-0.2, -0.15) is 13.2 Å². The van der Waals surface area contributed by atoms with Crippen molar-refractivity contribution in [1.82, 2.24) is 9.88 Å². The van der Waals surface area contributed by atoms with E-state index >= 15 is 0 Å². The predicted molar refractivity (Wildman–Crippen MR) is 58.0 cm³/mol. The van der Waals surface area contributed by atoms with Gasteiger partial charge in [-0.3, -0.25) is 9.59 Å². The molecule has 6 nitrogen and oxygen atoms in total. The first kappa shape index (κ1) is 15.0. The van der Waals surface area contributed by atoms with Crippen LogP contribution in [0.5, 0.6) is 0 Å². The molecule has 106 valence electrons. The van der Waals surface area contributed by atoms with Crippen molar-refractivity contribution in [1.29, 1.82) is 0 Å². The summed E-state index contributed by atoms with van der Waals surface area (Å²) < 4.78 is 37.4. The van der Waals surface area contributed by atoms with Crippen LogP contribution in [-0.4, -0.2) is 40.3 Å². The highest BCUT2D eigenvalue weighted by Gasteiger charge is 2.29. The molecule has 1 aromatic heterocycles. The largest absolute Gasteiger partial charge is 0.406 e. The second-order valence-electron chi connectivity index (χ2n) is 3.76. The summed E-state index contributed by atoms with van der Waals surface area (Å²) in [6.45, 7) is -1.77. The molecule has 0 saturated heterocycles. The number of aromatic nitrogens is 1. The van der Waals surface area contributed by atoms with Crippen LogP contribution in [0.3, 0.4) is 0 Å². The topological polar surface area (TPSA) is 97.4 Å². The molecule has 1 unspecified atom stereocenters. The first-order valence-corrected chi connectivity index (χ1v) is 5.18. The van der Waals surface area contributed by atoms with Crippen molar-refractivity contribution in [3.63, 3.8) is 0 Å². The quantitative estimate of drug-likeness (QED) is 0.685. The van der Waals surface area contributed by atoms with Crippen LogP contribution in [0.4, 0.5) is 13.2 Å². The summed E-state index contributed by atoms with van der Waals surface area (Å²) in [5, 5.41) is 11.2. The monoisotopic (exact) mass is 279 g/mol. The zero-order valence-corrected chi connectivity index (χ0v) is 9.65. The maximum Gasteiger partial charge on any atom is 0.406 e. The second kappa shape index (κ2) is 5.74. The van der Waals surface area contributed by atoms with Gasteiger partial charge in [0.25, 0.3) is 5.91 Å². The van der Waals surface area contributed by atoms with Crippen LogP contribution in [0.25, 0.3) is 0 Å². The molecule has 0 saturated carbocycles. The van der Waals surface area contributed by atoms with Crippen LogP contribution in [0.2, 0.25) is 0 Å². The molecule has 0 aliphatic rings. The van der Waals surface area contributed by atoms with E-state index in [4.69, 9.17) is 10.8 Å². The average molecular weight is 279 g/mol. The third-order valence-corrected chi connectivity index (χ3v) is 2.20. The minimum Gasteiger partial charge on any atom is -0.381 e. The molecule has 0 aliphatic heterocycles. The molecular formula is C10H12F3N3O3. The average Bonchev–Trinajstić information content (AvgIpc) is 2.70. The van der Waals surface area contributed by atoms with Crippen molar-refractivity contribution >= 4 is 11.8 Å². The van der Waals surface area contributed by atoms with E-state index in [1.165, 1.54) is 12.1 Å². The SMILES string of the molecule is NC(=O)C(O)CNC(=O)c1cccn1CC(F)(F)F. The van der Waals surface area contributed by atoms with E-state index in [0.717, 1.165) is 6.20 Å². The number of amides is 2. The highest BCUT2D eigenvalue weighted by Crippen LogP contribution is 2.18. The summed E-state index contributed by atoms with van der Waals surface area (Å²) in [5.41, 5.74) is 4.53. The lowest BCUT2D eigenvalue weighted by Gasteiger charge is -2.12. The Bertz CT molecular complexity index is 470. The number of aliphatic hydroxyl groups excluding tert-OH is 1. The first-order chi connectivity index (χ1) is 8.70. The number of carbonyl (C=O) groups is 2. The summed E-state index contributed by atoms with van der Waals surface area (Å²) >= 11 is 0. The van der Waals surface area contributed by atoms with E-state index in [1.54, 1.807) is 0 Å². The molecule has 0 bridgehead atoms. The molecule has 4 N–H and O–H groups in total. The molecule has 1 rings (SSSR count). The highest BCUT2D eigenvalue weighted by atomic mass is 19.4. The number of nitrogens with zero attached hydrogens (tertiary/aromatic N) is 1. The first-order valence-electron chi connectivity index (χ1n) is 5.18. The van der Waals surface area contributed by atoms with E-state index in [2.05, 4.69) is 5.32 Å². The Hall–Kier alpha value is -2.03. The fourth-order valence-corrected chi connectivity index (χ4v) is 1.33. The van der Waals surface area contributed by atoms with Crippen LogP contribution in [0.15, 0.2) is 18.3 Å².